The summed E-state index contributed by atoms with van der Waals surface area (Å²) in [6.07, 6.45) is -0.441. The third kappa shape index (κ3) is 2.78. The van der Waals surface area contributed by atoms with Crippen LogP contribution in [0.1, 0.15) is 44.9 Å². The standard InChI is InChI=1S/C15H19NO3/c1-10(17)13-12-8-6-5-7-11(12)9-16(13)14(18)19-15(2,3)4/h5-8,13H,9H2,1-4H3. The number of hydrogen-bond acceptors (Lipinski definition) is 3. The first-order valence-electron chi connectivity index (χ1n) is 6.37. The van der Waals surface area contributed by atoms with Crippen molar-refractivity contribution in [3.8, 4) is 0 Å². The van der Waals surface area contributed by atoms with Crippen LogP contribution in [0, 0.1) is 0 Å². The Morgan fingerprint density at radius 2 is 1.89 bits per heavy atom. The lowest BCUT2D eigenvalue weighted by Crippen LogP contribution is -2.37. The first-order valence-corrected chi connectivity index (χ1v) is 6.37. The van der Waals surface area contributed by atoms with E-state index in [4.69, 9.17) is 4.74 Å². The molecule has 0 N–H and O–H groups in total. The highest BCUT2D eigenvalue weighted by atomic mass is 16.6. The molecule has 0 bridgehead atoms. The van der Waals surface area contributed by atoms with E-state index >= 15 is 0 Å². The summed E-state index contributed by atoms with van der Waals surface area (Å²) in [6, 6.07) is 7.11. The quantitative estimate of drug-likeness (QED) is 0.780. The van der Waals surface area contributed by atoms with Crippen molar-refractivity contribution in [1.29, 1.82) is 0 Å². The summed E-state index contributed by atoms with van der Waals surface area (Å²) in [6.45, 7) is 7.38. The van der Waals surface area contributed by atoms with E-state index in [9.17, 15) is 9.59 Å². The molecule has 1 amide bonds. The number of ketones is 1. The van der Waals surface area contributed by atoms with Crippen molar-refractivity contribution < 1.29 is 14.3 Å². The van der Waals surface area contributed by atoms with Crippen molar-refractivity contribution >= 4 is 11.9 Å². The van der Waals surface area contributed by atoms with Crippen LogP contribution >= 0.6 is 0 Å². The van der Waals surface area contributed by atoms with Crippen LogP contribution in [0.5, 0.6) is 0 Å². The molecule has 1 unspecified atom stereocenters. The molecule has 1 heterocycles. The lowest BCUT2D eigenvalue weighted by atomic mass is 10.0. The highest BCUT2D eigenvalue weighted by Crippen LogP contribution is 2.35. The van der Waals surface area contributed by atoms with Crippen molar-refractivity contribution in [3.05, 3.63) is 35.4 Å². The smallest absolute Gasteiger partial charge is 0.411 e. The summed E-state index contributed by atoms with van der Waals surface area (Å²) in [5.74, 6) is -0.0455. The van der Waals surface area contributed by atoms with Gasteiger partial charge in [0.2, 0.25) is 0 Å². The van der Waals surface area contributed by atoms with E-state index in [0.717, 1.165) is 11.1 Å². The minimum absolute atomic E-state index is 0.0455. The minimum atomic E-state index is -0.562. The van der Waals surface area contributed by atoms with Gasteiger partial charge in [0.1, 0.15) is 11.6 Å². The Morgan fingerprint density at radius 3 is 2.47 bits per heavy atom. The van der Waals surface area contributed by atoms with Crippen LogP contribution < -0.4 is 0 Å². The van der Waals surface area contributed by atoms with Gasteiger partial charge in [0.25, 0.3) is 0 Å². The second kappa shape index (κ2) is 4.68. The molecule has 1 aliphatic heterocycles. The minimum Gasteiger partial charge on any atom is -0.444 e. The van der Waals surface area contributed by atoms with Gasteiger partial charge in [0.15, 0.2) is 5.78 Å². The van der Waals surface area contributed by atoms with Crippen LogP contribution in [0.25, 0.3) is 0 Å². The molecule has 4 nitrogen and oxygen atoms in total. The number of carbonyl (C=O) groups is 2. The molecule has 1 aromatic carbocycles. The van der Waals surface area contributed by atoms with Crippen LogP contribution in [0.2, 0.25) is 0 Å². The molecule has 1 aliphatic rings. The average Bonchev–Trinajstić information content (AvgIpc) is 2.65. The van der Waals surface area contributed by atoms with Gasteiger partial charge in [-0.2, -0.15) is 0 Å². The molecular formula is C15H19NO3. The van der Waals surface area contributed by atoms with E-state index in [2.05, 4.69) is 0 Å². The fourth-order valence-electron chi connectivity index (χ4n) is 2.32. The lowest BCUT2D eigenvalue weighted by Gasteiger charge is -2.27. The van der Waals surface area contributed by atoms with Crippen LogP contribution in [-0.4, -0.2) is 22.4 Å². The number of amides is 1. The summed E-state index contributed by atoms with van der Waals surface area (Å²) >= 11 is 0. The Labute approximate surface area is 113 Å². The summed E-state index contributed by atoms with van der Waals surface area (Å²) < 4.78 is 5.37. The number of carbonyl (C=O) groups excluding carboxylic acids is 2. The molecule has 1 atom stereocenters. The monoisotopic (exact) mass is 261 g/mol. The maximum atomic E-state index is 12.2. The van der Waals surface area contributed by atoms with Gasteiger partial charge in [0, 0.05) is 0 Å². The Kier molecular flexibility index (Phi) is 3.35. The number of hydrogen-bond donors (Lipinski definition) is 0. The number of fused-ring (bicyclic) bond motifs is 1. The summed E-state index contributed by atoms with van der Waals surface area (Å²) in [4.78, 5) is 25.5. The number of Topliss-reactive ketones (excluding diaryl/α,β-unsaturated/α-hetero) is 1. The fraction of sp³-hybridized carbons (Fsp3) is 0.467. The highest BCUT2D eigenvalue weighted by Gasteiger charge is 2.38. The SMILES string of the molecule is CC(=O)C1c2ccccc2CN1C(=O)OC(C)(C)C. The van der Waals surface area contributed by atoms with E-state index in [-0.39, 0.29) is 5.78 Å². The molecule has 19 heavy (non-hydrogen) atoms. The fourth-order valence-corrected chi connectivity index (χ4v) is 2.32. The van der Waals surface area contributed by atoms with Gasteiger partial charge in [0.05, 0.1) is 6.54 Å². The van der Waals surface area contributed by atoms with Gasteiger partial charge in [-0.1, -0.05) is 24.3 Å². The van der Waals surface area contributed by atoms with E-state index in [1.807, 2.05) is 45.0 Å². The first kappa shape index (κ1) is 13.6. The van der Waals surface area contributed by atoms with E-state index in [1.165, 1.54) is 11.8 Å². The Morgan fingerprint density at radius 1 is 1.26 bits per heavy atom. The van der Waals surface area contributed by atoms with Crippen LogP contribution in [0.4, 0.5) is 4.79 Å². The van der Waals surface area contributed by atoms with Crippen LogP contribution in [-0.2, 0) is 16.1 Å². The third-order valence-electron chi connectivity index (χ3n) is 3.02. The molecule has 0 spiro atoms. The number of ether oxygens (including phenoxy) is 1. The molecule has 2 rings (SSSR count). The number of benzene rings is 1. The van der Waals surface area contributed by atoms with Crippen molar-refractivity contribution in [2.75, 3.05) is 0 Å². The molecule has 0 fully saturated rings. The molecule has 0 aliphatic carbocycles. The Hall–Kier alpha value is -1.84. The topological polar surface area (TPSA) is 46.6 Å². The zero-order chi connectivity index (χ0) is 14.2. The van der Waals surface area contributed by atoms with Crippen molar-refractivity contribution in [2.24, 2.45) is 0 Å². The summed E-state index contributed by atoms with van der Waals surface area (Å²) in [5.41, 5.74) is 1.35. The normalized spacial score (nSPS) is 18.1. The first-order chi connectivity index (χ1) is 8.79. The van der Waals surface area contributed by atoms with Crippen molar-refractivity contribution in [3.63, 3.8) is 0 Å². The second-order valence-corrected chi connectivity index (χ2v) is 5.82. The molecular weight excluding hydrogens is 242 g/mol. The second-order valence-electron chi connectivity index (χ2n) is 5.82. The molecule has 0 saturated heterocycles. The molecule has 0 aromatic heterocycles. The Balaban J connectivity index is 2.29. The van der Waals surface area contributed by atoms with Crippen molar-refractivity contribution in [2.45, 2.75) is 45.9 Å². The zero-order valence-electron chi connectivity index (χ0n) is 11.8. The van der Waals surface area contributed by atoms with E-state index in [0.29, 0.717) is 6.54 Å². The maximum absolute atomic E-state index is 12.2. The molecule has 102 valence electrons. The van der Waals surface area contributed by atoms with Crippen LogP contribution in [0.15, 0.2) is 24.3 Å². The average molecular weight is 261 g/mol. The van der Waals surface area contributed by atoms with Crippen LogP contribution in [0.3, 0.4) is 0 Å². The van der Waals surface area contributed by atoms with Gasteiger partial charge < -0.3 is 4.74 Å². The predicted molar refractivity (Wildman–Crippen MR) is 71.6 cm³/mol. The summed E-state index contributed by atoms with van der Waals surface area (Å²) in [5, 5.41) is 0. The maximum Gasteiger partial charge on any atom is 0.411 e. The number of rotatable bonds is 1. The zero-order valence-corrected chi connectivity index (χ0v) is 11.8. The van der Waals surface area contributed by atoms with Gasteiger partial charge in [-0.25, -0.2) is 4.79 Å². The molecule has 1 aromatic rings. The molecule has 4 heteroatoms. The largest absolute Gasteiger partial charge is 0.444 e. The van der Waals surface area contributed by atoms with Gasteiger partial charge in [-0.3, -0.25) is 9.69 Å². The number of nitrogens with zero attached hydrogens (tertiary/aromatic N) is 1. The summed E-state index contributed by atoms with van der Waals surface area (Å²) in [7, 11) is 0. The van der Waals surface area contributed by atoms with Crippen molar-refractivity contribution in [1.82, 2.24) is 4.90 Å². The van der Waals surface area contributed by atoms with Gasteiger partial charge in [-0.05, 0) is 38.8 Å². The molecule has 0 radical (unpaired) electrons. The predicted octanol–water partition coefficient (Wildman–Crippen LogP) is 3.07. The third-order valence-corrected chi connectivity index (χ3v) is 3.02. The Bertz CT molecular complexity index is 516. The highest BCUT2D eigenvalue weighted by molar-refractivity contribution is 5.88. The van der Waals surface area contributed by atoms with E-state index < -0.39 is 17.7 Å². The molecule has 0 saturated carbocycles. The van der Waals surface area contributed by atoms with E-state index in [1.54, 1.807) is 0 Å². The van der Waals surface area contributed by atoms with Gasteiger partial charge in [-0.15, -0.1) is 0 Å². The van der Waals surface area contributed by atoms with Gasteiger partial charge >= 0.3 is 6.09 Å². The lowest BCUT2D eigenvalue weighted by molar-refractivity contribution is -0.122.